The summed E-state index contributed by atoms with van der Waals surface area (Å²) in [6.45, 7) is 9.35. The lowest BCUT2D eigenvalue weighted by atomic mass is 9.82. The number of aromatic nitrogens is 1. The highest BCUT2D eigenvalue weighted by atomic mass is 35.5. The van der Waals surface area contributed by atoms with E-state index in [1.165, 1.54) is 37.4 Å². The molecule has 2 rings (SSSR count). The molecule has 0 radical (unpaired) electrons. The van der Waals surface area contributed by atoms with E-state index in [2.05, 4.69) is 36.0 Å². The minimum Gasteiger partial charge on any atom is -0.294 e. The van der Waals surface area contributed by atoms with Crippen molar-refractivity contribution < 1.29 is 0 Å². The van der Waals surface area contributed by atoms with Crippen molar-refractivity contribution in [1.29, 1.82) is 0 Å². The number of hydrogen-bond donors (Lipinski definition) is 0. The summed E-state index contributed by atoms with van der Waals surface area (Å²) < 4.78 is 0. The molecule has 2 heterocycles. The minimum absolute atomic E-state index is 0.437. The molecule has 0 aromatic carbocycles. The van der Waals surface area contributed by atoms with Crippen LogP contribution in [0, 0.1) is 5.41 Å². The Hall–Kier alpha value is -0.120. The molecule has 1 unspecified atom stereocenters. The van der Waals surface area contributed by atoms with Gasteiger partial charge in [0.1, 0.15) is 5.01 Å². The highest BCUT2D eigenvalue weighted by Crippen LogP contribution is 2.40. The van der Waals surface area contributed by atoms with Crippen molar-refractivity contribution in [2.75, 3.05) is 13.1 Å². The predicted octanol–water partition coefficient (Wildman–Crippen LogP) is 4.46. The Kier molecular flexibility index (Phi) is 4.68. The van der Waals surface area contributed by atoms with E-state index in [0.29, 0.717) is 17.3 Å². The van der Waals surface area contributed by atoms with Gasteiger partial charge in [-0.3, -0.25) is 4.90 Å². The first-order chi connectivity index (χ1) is 8.64. The quantitative estimate of drug-likeness (QED) is 0.743. The molecule has 1 fully saturated rings. The van der Waals surface area contributed by atoms with Crippen LogP contribution in [0.1, 0.15) is 56.8 Å². The van der Waals surface area contributed by atoms with Gasteiger partial charge in [0.2, 0.25) is 0 Å². The van der Waals surface area contributed by atoms with Crippen molar-refractivity contribution in [3.05, 3.63) is 16.1 Å². The molecule has 0 bridgehead atoms. The van der Waals surface area contributed by atoms with Crippen LogP contribution in [0.15, 0.2) is 5.38 Å². The van der Waals surface area contributed by atoms with Crippen LogP contribution in [0.3, 0.4) is 0 Å². The number of thiazole rings is 1. The number of likely N-dealkylation sites (tertiary alicyclic amines) is 1. The third-order valence-electron chi connectivity index (χ3n) is 4.58. The molecule has 1 saturated heterocycles. The van der Waals surface area contributed by atoms with E-state index in [1.54, 1.807) is 11.3 Å². The second-order valence-electron chi connectivity index (χ2n) is 5.41. The zero-order chi connectivity index (χ0) is 13.2. The molecule has 102 valence electrons. The average molecular weight is 287 g/mol. The standard InChI is InChI=1S/C14H23ClN2S/c1-4-14(5-2)6-7-17(10-14)11(3)13-16-12(8-15)9-18-13/h9,11H,4-8,10H2,1-3H3. The van der Waals surface area contributed by atoms with E-state index >= 15 is 0 Å². The van der Waals surface area contributed by atoms with Gasteiger partial charge in [0.15, 0.2) is 0 Å². The van der Waals surface area contributed by atoms with Gasteiger partial charge < -0.3 is 0 Å². The van der Waals surface area contributed by atoms with Gasteiger partial charge in [-0.15, -0.1) is 22.9 Å². The van der Waals surface area contributed by atoms with Crippen molar-refractivity contribution in [2.45, 2.75) is 52.0 Å². The topological polar surface area (TPSA) is 16.1 Å². The summed E-state index contributed by atoms with van der Waals surface area (Å²) >= 11 is 7.57. The van der Waals surface area contributed by atoms with E-state index in [0.717, 1.165) is 5.69 Å². The Bertz CT molecular complexity index is 387. The summed E-state index contributed by atoms with van der Waals surface area (Å²) in [6, 6.07) is 0.437. The maximum atomic E-state index is 5.83. The smallest absolute Gasteiger partial charge is 0.110 e. The molecule has 1 aliphatic heterocycles. The fourth-order valence-corrected chi connectivity index (χ4v) is 4.00. The van der Waals surface area contributed by atoms with Gasteiger partial charge in [-0.2, -0.15) is 0 Å². The maximum Gasteiger partial charge on any atom is 0.110 e. The first-order valence-electron chi connectivity index (χ1n) is 6.88. The maximum absolute atomic E-state index is 5.83. The van der Waals surface area contributed by atoms with Crippen molar-refractivity contribution in [2.24, 2.45) is 5.41 Å². The summed E-state index contributed by atoms with van der Waals surface area (Å²) in [5.74, 6) is 0.525. The molecule has 0 spiro atoms. The van der Waals surface area contributed by atoms with Crippen LogP contribution in [0.25, 0.3) is 0 Å². The SMILES string of the molecule is CCC1(CC)CCN(C(C)c2nc(CCl)cs2)C1. The van der Waals surface area contributed by atoms with E-state index in [1.807, 2.05) is 0 Å². The molecule has 1 atom stereocenters. The lowest BCUT2D eigenvalue weighted by Gasteiger charge is -2.28. The van der Waals surface area contributed by atoms with Crippen LogP contribution in [0.4, 0.5) is 0 Å². The van der Waals surface area contributed by atoms with E-state index in [4.69, 9.17) is 11.6 Å². The second-order valence-corrected chi connectivity index (χ2v) is 6.57. The van der Waals surface area contributed by atoms with Crippen molar-refractivity contribution >= 4 is 22.9 Å². The zero-order valence-electron chi connectivity index (χ0n) is 11.6. The van der Waals surface area contributed by atoms with Crippen molar-refractivity contribution in [3.63, 3.8) is 0 Å². The average Bonchev–Trinajstić information content (AvgIpc) is 3.05. The monoisotopic (exact) mass is 286 g/mol. The third kappa shape index (κ3) is 2.73. The number of rotatable bonds is 5. The van der Waals surface area contributed by atoms with Crippen LogP contribution in [0.2, 0.25) is 0 Å². The Labute approximate surface area is 119 Å². The highest BCUT2D eigenvalue weighted by molar-refractivity contribution is 7.09. The van der Waals surface area contributed by atoms with E-state index < -0.39 is 0 Å². The molecule has 1 aromatic heterocycles. The zero-order valence-corrected chi connectivity index (χ0v) is 13.2. The molecule has 0 N–H and O–H groups in total. The molecular formula is C14H23ClN2S. The van der Waals surface area contributed by atoms with Crippen LogP contribution >= 0.6 is 22.9 Å². The van der Waals surface area contributed by atoms with E-state index in [9.17, 15) is 0 Å². The van der Waals surface area contributed by atoms with Crippen LogP contribution < -0.4 is 0 Å². The number of nitrogens with zero attached hydrogens (tertiary/aromatic N) is 2. The van der Waals surface area contributed by atoms with Crippen LogP contribution in [-0.4, -0.2) is 23.0 Å². The minimum atomic E-state index is 0.437. The van der Waals surface area contributed by atoms with Gasteiger partial charge in [0, 0.05) is 11.9 Å². The van der Waals surface area contributed by atoms with E-state index in [-0.39, 0.29) is 0 Å². The van der Waals surface area contributed by atoms with Crippen molar-refractivity contribution in [3.8, 4) is 0 Å². The summed E-state index contributed by atoms with van der Waals surface area (Å²) in [5.41, 5.74) is 1.56. The number of halogens is 1. The van der Waals surface area contributed by atoms with Gasteiger partial charge in [-0.05, 0) is 38.1 Å². The Morgan fingerprint density at radius 2 is 2.22 bits per heavy atom. The molecule has 18 heavy (non-hydrogen) atoms. The summed E-state index contributed by atoms with van der Waals surface area (Å²) in [6.07, 6.45) is 3.91. The van der Waals surface area contributed by atoms with Gasteiger partial charge >= 0.3 is 0 Å². The molecule has 0 amide bonds. The van der Waals surface area contributed by atoms with Crippen LogP contribution in [-0.2, 0) is 5.88 Å². The molecular weight excluding hydrogens is 264 g/mol. The molecule has 1 aliphatic rings. The Morgan fingerprint density at radius 3 is 2.72 bits per heavy atom. The lowest BCUT2D eigenvalue weighted by Crippen LogP contribution is -2.28. The fraction of sp³-hybridized carbons (Fsp3) is 0.786. The van der Waals surface area contributed by atoms with Gasteiger partial charge in [0.05, 0.1) is 17.6 Å². The first kappa shape index (κ1) is 14.3. The summed E-state index contributed by atoms with van der Waals surface area (Å²) in [5, 5.41) is 3.30. The third-order valence-corrected chi connectivity index (χ3v) is 5.92. The van der Waals surface area contributed by atoms with Gasteiger partial charge in [-0.1, -0.05) is 13.8 Å². The fourth-order valence-electron chi connectivity index (χ4n) is 2.86. The van der Waals surface area contributed by atoms with Crippen molar-refractivity contribution in [1.82, 2.24) is 9.88 Å². The molecule has 0 saturated carbocycles. The normalized spacial score (nSPS) is 21.3. The molecule has 4 heteroatoms. The number of hydrogen-bond acceptors (Lipinski definition) is 3. The second kappa shape index (κ2) is 5.89. The van der Waals surface area contributed by atoms with Gasteiger partial charge in [0.25, 0.3) is 0 Å². The predicted molar refractivity (Wildman–Crippen MR) is 79.3 cm³/mol. The summed E-state index contributed by atoms with van der Waals surface area (Å²) in [4.78, 5) is 7.20. The van der Waals surface area contributed by atoms with Gasteiger partial charge in [-0.25, -0.2) is 4.98 Å². The highest BCUT2D eigenvalue weighted by Gasteiger charge is 2.37. The number of alkyl halides is 1. The lowest BCUT2D eigenvalue weighted by molar-refractivity contribution is 0.204. The first-order valence-corrected chi connectivity index (χ1v) is 8.30. The Morgan fingerprint density at radius 1 is 1.50 bits per heavy atom. The molecule has 2 nitrogen and oxygen atoms in total. The molecule has 0 aliphatic carbocycles. The van der Waals surface area contributed by atoms with Crippen LogP contribution in [0.5, 0.6) is 0 Å². The Balaban J connectivity index is 2.04. The molecule has 1 aromatic rings. The largest absolute Gasteiger partial charge is 0.294 e. The summed E-state index contributed by atoms with van der Waals surface area (Å²) in [7, 11) is 0.